The van der Waals surface area contributed by atoms with E-state index in [4.69, 9.17) is 5.11 Å². The highest BCUT2D eigenvalue weighted by Gasteiger charge is 2.11. The van der Waals surface area contributed by atoms with Crippen molar-refractivity contribution in [3.8, 4) is 0 Å². The molecule has 0 unspecified atom stereocenters. The van der Waals surface area contributed by atoms with Crippen LogP contribution in [0.15, 0.2) is 22.7 Å². The first-order valence-electron chi connectivity index (χ1n) is 3.50. The predicted molar refractivity (Wildman–Crippen MR) is 50.4 cm³/mol. The minimum absolute atomic E-state index is 0.153. The summed E-state index contributed by atoms with van der Waals surface area (Å²) in [4.78, 5) is 20.8. The topological polar surface area (TPSA) is 66.4 Å². The molecule has 0 atom stereocenters. The second-order valence-electron chi connectivity index (χ2n) is 2.39. The van der Waals surface area contributed by atoms with Crippen molar-refractivity contribution in [2.45, 2.75) is 0 Å². The number of nitrogens with one attached hydrogen (secondary N) is 1. The van der Waals surface area contributed by atoms with E-state index in [1.54, 1.807) is 0 Å². The summed E-state index contributed by atoms with van der Waals surface area (Å²) in [6.45, 7) is 0. The van der Waals surface area contributed by atoms with Crippen LogP contribution in [0.1, 0.15) is 0 Å². The van der Waals surface area contributed by atoms with Crippen molar-refractivity contribution >= 4 is 33.5 Å². The smallest absolute Gasteiger partial charge is 0.394 e. The van der Waals surface area contributed by atoms with Crippen LogP contribution >= 0.6 is 15.9 Å². The lowest BCUT2D eigenvalue weighted by molar-refractivity contribution is -0.147. The van der Waals surface area contributed by atoms with Gasteiger partial charge < -0.3 is 10.4 Å². The lowest BCUT2D eigenvalue weighted by Gasteiger charge is -2.02. The minimum atomic E-state index is -1.59. The highest BCUT2D eigenvalue weighted by molar-refractivity contribution is 9.10. The summed E-state index contributed by atoms with van der Waals surface area (Å²) in [5.41, 5.74) is 0.214. The molecule has 1 aromatic carbocycles. The van der Waals surface area contributed by atoms with E-state index in [-0.39, 0.29) is 10.2 Å². The summed E-state index contributed by atoms with van der Waals surface area (Å²) >= 11 is 2.90. The van der Waals surface area contributed by atoms with E-state index < -0.39 is 17.7 Å². The van der Waals surface area contributed by atoms with Crippen LogP contribution in [0.5, 0.6) is 0 Å². The molecule has 0 radical (unpaired) electrons. The van der Waals surface area contributed by atoms with Gasteiger partial charge in [0, 0.05) is 5.69 Å². The number of hydrogen-bond acceptors (Lipinski definition) is 2. The molecule has 14 heavy (non-hydrogen) atoms. The Labute approximate surface area is 86.9 Å². The molecule has 0 aliphatic carbocycles. The largest absolute Gasteiger partial charge is 0.474 e. The molecule has 6 heteroatoms. The van der Waals surface area contributed by atoms with Crippen molar-refractivity contribution in [1.29, 1.82) is 0 Å². The zero-order valence-corrected chi connectivity index (χ0v) is 8.34. The molecule has 0 heterocycles. The number of anilines is 1. The number of carbonyl (C=O) groups is 2. The fraction of sp³-hybridized carbons (Fsp3) is 0. The minimum Gasteiger partial charge on any atom is -0.474 e. The molecule has 0 spiro atoms. The molecule has 0 bridgehead atoms. The van der Waals surface area contributed by atoms with Gasteiger partial charge in [0.1, 0.15) is 5.82 Å². The number of carboxylic acids is 1. The summed E-state index contributed by atoms with van der Waals surface area (Å²) < 4.78 is 12.9. The number of hydrogen-bond donors (Lipinski definition) is 2. The van der Waals surface area contributed by atoms with Gasteiger partial charge in [0.25, 0.3) is 0 Å². The van der Waals surface area contributed by atoms with Crippen molar-refractivity contribution in [3.05, 3.63) is 28.5 Å². The van der Waals surface area contributed by atoms with Gasteiger partial charge in [-0.2, -0.15) is 0 Å². The summed E-state index contributed by atoms with van der Waals surface area (Å²) in [6, 6.07) is 3.65. The lowest BCUT2D eigenvalue weighted by atomic mass is 10.3. The van der Waals surface area contributed by atoms with Gasteiger partial charge in [-0.15, -0.1) is 0 Å². The van der Waals surface area contributed by atoms with E-state index in [9.17, 15) is 14.0 Å². The first kappa shape index (κ1) is 10.6. The Morgan fingerprint density at radius 2 is 2.07 bits per heavy atom. The van der Waals surface area contributed by atoms with Gasteiger partial charge in [-0.1, -0.05) is 0 Å². The van der Waals surface area contributed by atoms with Gasteiger partial charge in [-0.3, -0.25) is 4.79 Å². The van der Waals surface area contributed by atoms with Crippen LogP contribution < -0.4 is 5.32 Å². The number of aliphatic carboxylic acids is 1. The lowest BCUT2D eigenvalue weighted by Crippen LogP contribution is -2.21. The normalized spacial score (nSPS) is 9.57. The first-order valence-corrected chi connectivity index (χ1v) is 4.29. The third-order valence-corrected chi connectivity index (χ3v) is 1.98. The Bertz CT molecular complexity index is 394. The first-order chi connectivity index (χ1) is 6.50. The maximum absolute atomic E-state index is 12.7. The average Bonchev–Trinajstić information content (AvgIpc) is 2.11. The van der Waals surface area contributed by atoms with Gasteiger partial charge in [0.2, 0.25) is 0 Å². The summed E-state index contributed by atoms with van der Waals surface area (Å²) in [7, 11) is 0. The number of rotatable bonds is 1. The number of carboxylic acid groups (broad SMARTS) is 1. The Balaban J connectivity index is 2.83. The van der Waals surface area contributed by atoms with Gasteiger partial charge in [-0.25, -0.2) is 9.18 Å². The highest BCUT2D eigenvalue weighted by Crippen LogP contribution is 2.19. The van der Waals surface area contributed by atoms with Gasteiger partial charge in [0.15, 0.2) is 0 Å². The molecular weight excluding hydrogens is 257 g/mol. The molecule has 0 aliphatic heterocycles. The zero-order valence-electron chi connectivity index (χ0n) is 6.75. The second-order valence-corrected chi connectivity index (χ2v) is 3.24. The Morgan fingerprint density at radius 3 is 2.57 bits per heavy atom. The van der Waals surface area contributed by atoms with Crippen molar-refractivity contribution in [2.24, 2.45) is 0 Å². The predicted octanol–water partition coefficient (Wildman–Crippen LogP) is 1.61. The quantitative estimate of drug-likeness (QED) is 0.755. The standard InChI is InChI=1S/C8H5BrFNO3/c9-5-3-4(1-2-6(5)10)11-7(12)8(13)14/h1-3H,(H,11,12)(H,13,14). The van der Waals surface area contributed by atoms with Crippen LogP contribution in [-0.4, -0.2) is 17.0 Å². The molecule has 0 saturated carbocycles. The molecule has 0 aromatic heterocycles. The summed E-state index contributed by atoms with van der Waals surface area (Å²) in [5.74, 6) is -3.24. The van der Waals surface area contributed by atoms with Crippen molar-refractivity contribution in [1.82, 2.24) is 0 Å². The Morgan fingerprint density at radius 1 is 1.43 bits per heavy atom. The van der Waals surface area contributed by atoms with E-state index in [2.05, 4.69) is 21.2 Å². The van der Waals surface area contributed by atoms with Crippen LogP contribution in [0.25, 0.3) is 0 Å². The Kier molecular flexibility index (Phi) is 3.19. The van der Waals surface area contributed by atoms with Crippen molar-refractivity contribution in [3.63, 3.8) is 0 Å². The number of amides is 1. The van der Waals surface area contributed by atoms with E-state index in [1.807, 2.05) is 0 Å². The average molecular weight is 262 g/mol. The molecule has 1 aromatic rings. The molecule has 0 saturated heterocycles. The van der Waals surface area contributed by atoms with Crippen molar-refractivity contribution in [2.75, 3.05) is 5.32 Å². The molecule has 0 fully saturated rings. The SMILES string of the molecule is O=C(O)C(=O)Nc1ccc(F)c(Br)c1. The third-order valence-electron chi connectivity index (χ3n) is 1.37. The van der Waals surface area contributed by atoms with Crippen LogP contribution in [0, 0.1) is 5.82 Å². The maximum atomic E-state index is 12.7. The fourth-order valence-corrected chi connectivity index (χ4v) is 1.14. The molecule has 0 aliphatic rings. The van der Waals surface area contributed by atoms with E-state index in [0.717, 1.165) is 6.07 Å². The molecule has 4 nitrogen and oxygen atoms in total. The Hall–Kier alpha value is -1.43. The van der Waals surface area contributed by atoms with Gasteiger partial charge >= 0.3 is 11.9 Å². The van der Waals surface area contributed by atoms with Crippen LogP contribution in [0.4, 0.5) is 10.1 Å². The van der Waals surface area contributed by atoms with Gasteiger partial charge in [0.05, 0.1) is 4.47 Å². The van der Waals surface area contributed by atoms with Crippen molar-refractivity contribution < 1.29 is 19.1 Å². The monoisotopic (exact) mass is 261 g/mol. The van der Waals surface area contributed by atoms with Gasteiger partial charge in [-0.05, 0) is 34.1 Å². The van der Waals surface area contributed by atoms with Crippen LogP contribution in [0.3, 0.4) is 0 Å². The molecule has 2 N–H and O–H groups in total. The maximum Gasteiger partial charge on any atom is 0.394 e. The number of halogens is 2. The van der Waals surface area contributed by atoms with Crippen LogP contribution in [0.2, 0.25) is 0 Å². The van der Waals surface area contributed by atoms with E-state index >= 15 is 0 Å². The molecule has 74 valence electrons. The van der Waals surface area contributed by atoms with E-state index in [0.29, 0.717) is 0 Å². The number of carbonyl (C=O) groups excluding carboxylic acids is 1. The molecular formula is C8H5BrFNO3. The fourth-order valence-electron chi connectivity index (χ4n) is 0.758. The second kappa shape index (κ2) is 4.19. The highest BCUT2D eigenvalue weighted by atomic mass is 79.9. The van der Waals surface area contributed by atoms with E-state index in [1.165, 1.54) is 12.1 Å². The third kappa shape index (κ3) is 2.53. The van der Waals surface area contributed by atoms with Crippen LogP contribution in [-0.2, 0) is 9.59 Å². The summed E-state index contributed by atoms with van der Waals surface area (Å²) in [5, 5.41) is 10.3. The molecule has 1 rings (SSSR count). The zero-order chi connectivity index (χ0) is 10.7. The number of benzene rings is 1. The molecule has 1 amide bonds. The summed E-state index contributed by atoms with van der Waals surface area (Å²) in [6.07, 6.45) is 0.